The molecule has 0 bridgehead atoms. The van der Waals surface area contributed by atoms with Gasteiger partial charge in [0.05, 0.1) is 27.7 Å². The standard InChI is InChI=1S/C20H21ClN4O5/c1-4-24-10-16(13(3)23-24)12(2)22-20(26)18-8-6-15(30-18)11-29-19-9-14(25(27)28)5-7-17(19)21/h5-10,12H,4,11H2,1-3H3,(H,22,26). The molecule has 0 spiro atoms. The van der Waals surface area contributed by atoms with Crippen LogP contribution in [0.15, 0.2) is 40.9 Å². The van der Waals surface area contributed by atoms with Crippen LogP contribution in [-0.2, 0) is 13.2 Å². The van der Waals surface area contributed by atoms with Crippen molar-refractivity contribution in [2.45, 2.75) is 40.0 Å². The number of aromatic nitrogens is 2. The molecule has 1 N–H and O–H groups in total. The average Bonchev–Trinajstić information content (AvgIpc) is 3.33. The predicted octanol–water partition coefficient (Wildman–Crippen LogP) is 4.44. The van der Waals surface area contributed by atoms with E-state index in [9.17, 15) is 14.9 Å². The minimum Gasteiger partial charge on any atom is -0.484 e. The maximum atomic E-state index is 12.5. The molecule has 1 atom stereocenters. The third-order valence-corrected chi connectivity index (χ3v) is 4.82. The number of nitro benzene ring substituents is 1. The summed E-state index contributed by atoms with van der Waals surface area (Å²) in [4.78, 5) is 22.9. The van der Waals surface area contributed by atoms with E-state index in [0.717, 1.165) is 17.8 Å². The van der Waals surface area contributed by atoms with Gasteiger partial charge in [0.2, 0.25) is 0 Å². The maximum absolute atomic E-state index is 12.5. The van der Waals surface area contributed by atoms with Gasteiger partial charge in [-0.15, -0.1) is 0 Å². The first-order valence-corrected chi connectivity index (χ1v) is 9.66. The van der Waals surface area contributed by atoms with Crippen LogP contribution in [0.4, 0.5) is 5.69 Å². The summed E-state index contributed by atoms with van der Waals surface area (Å²) in [5.74, 6) is 0.299. The second-order valence-electron chi connectivity index (χ2n) is 6.65. The van der Waals surface area contributed by atoms with Crippen LogP contribution >= 0.6 is 11.6 Å². The Balaban J connectivity index is 1.63. The number of carbonyl (C=O) groups is 1. The number of halogens is 1. The molecule has 0 saturated heterocycles. The highest BCUT2D eigenvalue weighted by molar-refractivity contribution is 6.32. The summed E-state index contributed by atoms with van der Waals surface area (Å²) in [6.45, 7) is 6.47. The van der Waals surface area contributed by atoms with Gasteiger partial charge >= 0.3 is 0 Å². The molecule has 3 aromatic rings. The van der Waals surface area contributed by atoms with E-state index in [1.165, 1.54) is 24.3 Å². The van der Waals surface area contributed by atoms with E-state index in [1.54, 1.807) is 6.07 Å². The van der Waals surface area contributed by atoms with Crippen molar-refractivity contribution in [1.29, 1.82) is 0 Å². The quantitative estimate of drug-likeness (QED) is 0.416. The molecule has 1 unspecified atom stereocenters. The van der Waals surface area contributed by atoms with Crippen LogP contribution in [0.25, 0.3) is 0 Å². The van der Waals surface area contributed by atoms with Crippen LogP contribution in [0.2, 0.25) is 5.02 Å². The Morgan fingerprint density at radius 1 is 1.40 bits per heavy atom. The first-order chi connectivity index (χ1) is 14.3. The molecule has 1 amide bonds. The second-order valence-corrected chi connectivity index (χ2v) is 7.05. The smallest absolute Gasteiger partial charge is 0.287 e. The number of non-ortho nitro benzene ring substituents is 1. The third-order valence-electron chi connectivity index (χ3n) is 4.50. The fraction of sp³-hybridized carbons (Fsp3) is 0.300. The van der Waals surface area contributed by atoms with Crippen LogP contribution in [-0.4, -0.2) is 20.6 Å². The minimum atomic E-state index is -0.536. The van der Waals surface area contributed by atoms with E-state index < -0.39 is 4.92 Å². The highest BCUT2D eigenvalue weighted by atomic mass is 35.5. The van der Waals surface area contributed by atoms with Gasteiger partial charge in [-0.1, -0.05) is 11.6 Å². The summed E-state index contributed by atoms with van der Waals surface area (Å²) >= 11 is 6.01. The number of amides is 1. The first-order valence-electron chi connectivity index (χ1n) is 9.28. The van der Waals surface area contributed by atoms with Crippen LogP contribution in [0, 0.1) is 17.0 Å². The highest BCUT2D eigenvalue weighted by Crippen LogP contribution is 2.29. The molecule has 2 aromatic heterocycles. The van der Waals surface area contributed by atoms with Crippen molar-refractivity contribution in [3.63, 3.8) is 0 Å². The largest absolute Gasteiger partial charge is 0.484 e. The van der Waals surface area contributed by atoms with Crippen molar-refractivity contribution < 1.29 is 18.9 Å². The lowest BCUT2D eigenvalue weighted by Gasteiger charge is -2.12. The lowest BCUT2D eigenvalue weighted by atomic mass is 10.1. The lowest BCUT2D eigenvalue weighted by Crippen LogP contribution is -2.26. The van der Waals surface area contributed by atoms with Crippen molar-refractivity contribution in [2.75, 3.05) is 0 Å². The highest BCUT2D eigenvalue weighted by Gasteiger charge is 2.18. The van der Waals surface area contributed by atoms with Gasteiger partial charge in [0.1, 0.15) is 18.1 Å². The van der Waals surface area contributed by atoms with E-state index >= 15 is 0 Å². The number of hydrogen-bond donors (Lipinski definition) is 1. The van der Waals surface area contributed by atoms with Crippen LogP contribution in [0.5, 0.6) is 5.75 Å². The third kappa shape index (κ3) is 4.80. The molecule has 2 heterocycles. The molecule has 3 rings (SSSR count). The van der Waals surface area contributed by atoms with Crippen LogP contribution in [0.1, 0.15) is 47.5 Å². The van der Waals surface area contributed by atoms with Gasteiger partial charge in [-0.05, 0) is 39.0 Å². The fourth-order valence-electron chi connectivity index (χ4n) is 2.91. The van der Waals surface area contributed by atoms with Crippen LogP contribution < -0.4 is 10.1 Å². The Bertz CT molecular complexity index is 1080. The zero-order valence-corrected chi connectivity index (χ0v) is 17.5. The Morgan fingerprint density at radius 3 is 2.83 bits per heavy atom. The molecule has 30 heavy (non-hydrogen) atoms. The Hall–Kier alpha value is -3.33. The van der Waals surface area contributed by atoms with Gasteiger partial charge in [0, 0.05) is 24.4 Å². The number of carbonyl (C=O) groups excluding carboxylic acids is 1. The Morgan fingerprint density at radius 2 is 2.17 bits per heavy atom. The lowest BCUT2D eigenvalue weighted by molar-refractivity contribution is -0.384. The molecular formula is C20H21ClN4O5. The number of aryl methyl sites for hydroxylation is 2. The first kappa shape index (κ1) is 21.4. The number of furan rings is 1. The van der Waals surface area contributed by atoms with Gasteiger partial charge in [-0.25, -0.2) is 0 Å². The summed E-state index contributed by atoms with van der Waals surface area (Å²) in [5, 5.41) is 18.4. The van der Waals surface area contributed by atoms with Gasteiger partial charge in [0.25, 0.3) is 11.6 Å². The van der Waals surface area contributed by atoms with E-state index in [4.69, 9.17) is 20.8 Å². The Kier molecular flexibility index (Phi) is 6.41. The fourth-order valence-corrected chi connectivity index (χ4v) is 3.08. The summed E-state index contributed by atoms with van der Waals surface area (Å²) < 4.78 is 12.9. The summed E-state index contributed by atoms with van der Waals surface area (Å²) in [5.41, 5.74) is 1.65. The number of rotatable bonds is 8. The monoisotopic (exact) mass is 432 g/mol. The van der Waals surface area contributed by atoms with Crippen molar-refractivity contribution in [3.05, 3.63) is 74.4 Å². The number of benzene rings is 1. The molecule has 0 aliphatic carbocycles. The number of nitrogens with zero attached hydrogens (tertiary/aromatic N) is 3. The van der Waals surface area contributed by atoms with Crippen molar-refractivity contribution in [2.24, 2.45) is 0 Å². The number of ether oxygens (including phenoxy) is 1. The normalized spacial score (nSPS) is 11.9. The number of hydrogen-bond acceptors (Lipinski definition) is 6. The summed E-state index contributed by atoms with van der Waals surface area (Å²) in [7, 11) is 0. The van der Waals surface area contributed by atoms with Crippen molar-refractivity contribution >= 4 is 23.2 Å². The van der Waals surface area contributed by atoms with Crippen molar-refractivity contribution in [3.8, 4) is 5.75 Å². The molecule has 9 nitrogen and oxygen atoms in total. The van der Waals surface area contributed by atoms with Gasteiger partial charge in [-0.2, -0.15) is 5.10 Å². The number of nitro groups is 1. The SMILES string of the molecule is CCn1cc(C(C)NC(=O)c2ccc(COc3cc([N+](=O)[O-])ccc3Cl)o2)c(C)n1. The van der Waals surface area contributed by atoms with Gasteiger partial charge in [-0.3, -0.25) is 19.6 Å². The van der Waals surface area contributed by atoms with Crippen molar-refractivity contribution in [1.82, 2.24) is 15.1 Å². The Labute approximate surface area is 177 Å². The summed E-state index contributed by atoms with van der Waals surface area (Å²) in [6.07, 6.45) is 1.91. The molecule has 10 heteroatoms. The summed E-state index contributed by atoms with van der Waals surface area (Å²) in [6, 6.07) is 6.81. The zero-order valence-electron chi connectivity index (χ0n) is 16.7. The topological polar surface area (TPSA) is 112 Å². The molecule has 0 aliphatic heterocycles. The second kappa shape index (κ2) is 9.00. The van der Waals surface area contributed by atoms with E-state index in [0.29, 0.717) is 5.76 Å². The molecule has 158 valence electrons. The van der Waals surface area contributed by atoms with E-state index in [1.807, 2.05) is 31.6 Å². The minimum absolute atomic E-state index is 0.0356. The van der Waals surface area contributed by atoms with E-state index in [2.05, 4.69) is 10.4 Å². The molecule has 0 fully saturated rings. The van der Waals surface area contributed by atoms with Gasteiger partial charge < -0.3 is 14.5 Å². The predicted molar refractivity (Wildman–Crippen MR) is 110 cm³/mol. The molecule has 1 aromatic carbocycles. The molecular weight excluding hydrogens is 412 g/mol. The molecule has 0 aliphatic rings. The van der Waals surface area contributed by atoms with Crippen LogP contribution in [0.3, 0.4) is 0 Å². The zero-order chi connectivity index (χ0) is 21.8. The van der Waals surface area contributed by atoms with E-state index in [-0.39, 0.29) is 40.8 Å². The number of nitrogens with one attached hydrogen (secondary N) is 1. The maximum Gasteiger partial charge on any atom is 0.287 e. The van der Waals surface area contributed by atoms with Gasteiger partial charge in [0.15, 0.2) is 5.76 Å². The average molecular weight is 433 g/mol. The molecule has 0 saturated carbocycles. The molecule has 0 radical (unpaired) electrons.